The molecule has 2 N–H and O–H groups in total. The van der Waals surface area contributed by atoms with Gasteiger partial charge in [-0.15, -0.1) is 10.2 Å². The summed E-state index contributed by atoms with van der Waals surface area (Å²) in [6.45, 7) is 4.36. The van der Waals surface area contributed by atoms with Gasteiger partial charge in [0.15, 0.2) is 5.16 Å². The minimum atomic E-state index is -1.22. The zero-order chi connectivity index (χ0) is 20.6. The Bertz CT molecular complexity index is 958. The Morgan fingerprint density at radius 3 is 2.66 bits per heavy atom. The number of carbonyl (C=O) groups excluding carboxylic acids is 3. The van der Waals surface area contributed by atoms with Crippen LogP contribution in [0.5, 0.6) is 0 Å². The second-order valence-electron chi connectivity index (χ2n) is 7.24. The fraction of sp³-hybridized carbons (Fsp3) is 0.421. The van der Waals surface area contributed by atoms with Crippen molar-refractivity contribution in [1.29, 1.82) is 0 Å². The van der Waals surface area contributed by atoms with Crippen molar-refractivity contribution in [3.05, 3.63) is 41.7 Å². The van der Waals surface area contributed by atoms with E-state index in [2.05, 4.69) is 20.9 Å². The van der Waals surface area contributed by atoms with E-state index in [0.717, 1.165) is 30.2 Å². The minimum Gasteiger partial charge on any atom is -0.318 e. The van der Waals surface area contributed by atoms with Crippen LogP contribution in [0.2, 0.25) is 0 Å². The van der Waals surface area contributed by atoms with E-state index in [9.17, 15) is 14.4 Å². The number of benzene rings is 1. The van der Waals surface area contributed by atoms with Crippen molar-refractivity contribution in [2.24, 2.45) is 0 Å². The first-order valence-electron chi connectivity index (χ1n) is 9.51. The summed E-state index contributed by atoms with van der Waals surface area (Å²) in [5, 5.41) is 12.5. The fourth-order valence-corrected chi connectivity index (χ4v) is 4.14. The number of hydrogen-bond acceptors (Lipinski definition) is 6. The molecule has 1 aliphatic heterocycles. The molecule has 4 rings (SSSR count). The van der Waals surface area contributed by atoms with Crippen LogP contribution in [0.15, 0.2) is 35.5 Å². The number of amides is 4. The highest BCUT2D eigenvalue weighted by Gasteiger charge is 2.49. The third kappa shape index (κ3) is 3.59. The number of thioether (sulfide) groups is 1. The predicted molar refractivity (Wildman–Crippen MR) is 106 cm³/mol. The number of carbonyl (C=O) groups is 3. The van der Waals surface area contributed by atoms with Crippen molar-refractivity contribution in [2.75, 3.05) is 5.75 Å². The summed E-state index contributed by atoms with van der Waals surface area (Å²) in [5.74, 6) is 0.451. The summed E-state index contributed by atoms with van der Waals surface area (Å²) in [7, 11) is 0. The van der Waals surface area contributed by atoms with Gasteiger partial charge in [-0.05, 0) is 32.3 Å². The molecule has 1 saturated heterocycles. The summed E-state index contributed by atoms with van der Waals surface area (Å²) in [6.07, 6.45) is 2.24. The standard InChI is InChI=1S/C19H22N6O3S/c1-3-24-15(12-9-10-12)21-22-18(24)29-11-14(26)23-25-16(27)19(2,20-17(25)28)13-7-5-4-6-8-13/h4-8,12H,3,9-11H2,1-2H3,(H,20,28)(H,23,26). The molecule has 1 aliphatic carbocycles. The van der Waals surface area contributed by atoms with Gasteiger partial charge in [-0.3, -0.25) is 15.0 Å². The van der Waals surface area contributed by atoms with Gasteiger partial charge in [0.2, 0.25) is 5.91 Å². The molecule has 0 radical (unpaired) electrons. The maximum Gasteiger partial charge on any atom is 0.344 e. The molecule has 0 bridgehead atoms. The van der Waals surface area contributed by atoms with Gasteiger partial charge in [0, 0.05) is 12.5 Å². The maximum atomic E-state index is 12.8. The van der Waals surface area contributed by atoms with E-state index < -0.39 is 23.4 Å². The average molecular weight is 414 g/mol. The monoisotopic (exact) mass is 414 g/mol. The summed E-state index contributed by atoms with van der Waals surface area (Å²) in [4.78, 5) is 37.5. The first-order chi connectivity index (χ1) is 13.9. The van der Waals surface area contributed by atoms with E-state index >= 15 is 0 Å². The van der Waals surface area contributed by atoms with Crippen molar-refractivity contribution in [3.8, 4) is 0 Å². The molecule has 2 aromatic rings. The Kier molecular flexibility index (Phi) is 5.03. The van der Waals surface area contributed by atoms with Crippen molar-refractivity contribution in [2.45, 2.75) is 49.8 Å². The molecule has 2 heterocycles. The molecule has 1 aromatic heterocycles. The van der Waals surface area contributed by atoms with Crippen LogP contribution >= 0.6 is 11.8 Å². The van der Waals surface area contributed by atoms with Crippen molar-refractivity contribution < 1.29 is 14.4 Å². The lowest BCUT2D eigenvalue weighted by Crippen LogP contribution is -2.48. The zero-order valence-corrected chi connectivity index (χ0v) is 17.0. The Hall–Kier alpha value is -2.88. The van der Waals surface area contributed by atoms with Gasteiger partial charge in [-0.1, -0.05) is 42.1 Å². The fourth-order valence-electron chi connectivity index (χ4n) is 3.34. The molecule has 1 atom stereocenters. The SMILES string of the molecule is CCn1c(SCC(=O)NN2C(=O)NC(C)(c3ccccc3)C2=O)nnc1C1CC1. The van der Waals surface area contributed by atoms with Crippen LogP contribution in [0.3, 0.4) is 0 Å². The molecule has 152 valence electrons. The van der Waals surface area contributed by atoms with Crippen molar-refractivity contribution in [3.63, 3.8) is 0 Å². The topological polar surface area (TPSA) is 109 Å². The molecule has 4 amide bonds. The second-order valence-corrected chi connectivity index (χ2v) is 8.19. The molecular weight excluding hydrogens is 392 g/mol. The number of urea groups is 1. The third-order valence-electron chi connectivity index (χ3n) is 5.12. The van der Waals surface area contributed by atoms with Crippen LogP contribution < -0.4 is 10.7 Å². The molecule has 10 heteroatoms. The van der Waals surface area contributed by atoms with Gasteiger partial charge >= 0.3 is 6.03 Å². The Morgan fingerprint density at radius 1 is 1.28 bits per heavy atom. The summed E-state index contributed by atoms with van der Waals surface area (Å²) in [6, 6.07) is 8.26. The number of hydrogen-bond donors (Lipinski definition) is 2. The lowest BCUT2D eigenvalue weighted by atomic mass is 9.92. The first-order valence-corrected chi connectivity index (χ1v) is 10.5. The molecule has 1 aromatic carbocycles. The van der Waals surface area contributed by atoms with E-state index in [1.165, 1.54) is 11.8 Å². The highest BCUT2D eigenvalue weighted by molar-refractivity contribution is 7.99. The van der Waals surface area contributed by atoms with Gasteiger partial charge in [0.1, 0.15) is 11.4 Å². The zero-order valence-electron chi connectivity index (χ0n) is 16.2. The van der Waals surface area contributed by atoms with Gasteiger partial charge in [-0.2, -0.15) is 5.01 Å². The molecule has 29 heavy (non-hydrogen) atoms. The minimum absolute atomic E-state index is 0.0158. The van der Waals surface area contributed by atoms with Crippen LogP contribution in [-0.2, 0) is 21.7 Å². The van der Waals surface area contributed by atoms with Gasteiger partial charge in [-0.25, -0.2) is 4.79 Å². The quantitative estimate of drug-likeness (QED) is 0.528. The molecule has 9 nitrogen and oxygen atoms in total. The predicted octanol–water partition coefficient (Wildman–Crippen LogP) is 1.77. The summed E-state index contributed by atoms with van der Waals surface area (Å²) in [5.41, 5.74) is 1.83. The highest BCUT2D eigenvalue weighted by Crippen LogP contribution is 2.40. The summed E-state index contributed by atoms with van der Waals surface area (Å²) >= 11 is 1.24. The molecule has 0 spiro atoms. The Morgan fingerprint density at radius 2 is 2.00 bits per heavy atom. The highest BCUT2D eigenvalue weighted by atomic mass is 32.2. The number of imide groups is 1. The van der Waals surface area contributed by atoms with Gasteiger partial charge < -0.3 is 9.88 Å². The van der Waals surface area contributed by atoms with Crippen LogP contribution in [0.25, 0.3) is 0 Å². The van der Waals surface area contributed by atoms with E-state index in [1.54, 1.807) is 31.2 Å². The van der Waals surface area contributed by atoms with Gasteiger partial charge in [0.05, 0.1) is 5.75 Å². The number of nitrogens with one attached hydrogen (secondary N) is 2. The lowest BCUT2D eigenvalue weighted by molar-refractivity contribution is -0.138. The molecular formula is C19H22N6O3S. The number of aromatic nitrogens is 3. The van der Waals surface area contributed by atoms with Crippen LogP contribution in [-0.4, -0.2) is 43.4 Å². The van der Waals surface area contributed by atoms with Gasteiger partial charge in [0.25, 0.3) is 5.91 Å². The van der Waals surface area contributed by atoms with E-state index in [0.29, 0.717) is 16.6 Å². The number of nitrogens with zero attached hydrogens (tertiary/aromatic N) is 4. The molecule has 2 aliphatic rings. The first kappa shape index (κ1) is 19.4. The third-order valence-corrected chi connectivity index (χ3v) is 6.08. The van der Waals surface area contributed by atoms with Crippen LogP contribution in [0.4, 0.5) is 4.79 Å². The Labute approximate surface area is 172 Å². The largest absolute Gasteiger partial charge is 0.344 e. The maximum absolute atomic E-state index is 12.8. The van der Waals surface area contributed by atoms with Crippen LogP contribution in [0, 0.1) is 0 Å². The van der Waals surface area contributed by atoms with Crippen molar-refractivity contribution >= 4 is 29.6 Å². The smallest absolute Gasteiger partial charge is 0.318 e. The molecule has 2 fully saturated rings. The Balaban J connectivity index is 1.40. The van der Waals surface area contributed by atoms with E-state index in [4.69, 9.17) is 0 Å². The molecule has 1 saturated carbocycles. The number of rotatable bonds is 7. The van der Waals surface area contributed by atoms with Crippen LogP contribution in [0.1, 0.15) is 44.0 Å². The van der Waals surface area contributed by atoms with E-state index in [1.807, 2.05) is 17.6 Å². The normalized spacial score (nSPS) is 21.4. The van der Waals surface area contributed by atoms with Crippen molar-refractivity contribution in [1.82, 2.24) is 30.5 Å². The second kappa shape index (κ2) is 7.51. The summed E-state index contributed by atoms with van der Waals surface area (Å²) < 4.78 is 2.01. The average Bonchev–Trinajstić information content (AvgIpc) is 3.45. The number of hydrazine groups is 1. The molecule has 1 unspecified atom stereocenters. The lowest BCUT2D eigenvalue weighted by Gasteiger charge is -2.22. The van der Waals surface area contributed by atoms with E-state index in [-0.39, 0.29) is 5.75 Å².